The van der Waals surface area contributed by atoms with Crippen LogP contribution in [0, 0.1) is 5.82 Å². The number of thiol groups is 1. The first-order chi connectivity index (χ1) is 19.0. The Morgan fingerprint density at radius 2 is 1.60 bits per heavy atom. The molecule has 0 aliphatic carbocycles. The number of aliphatic hydroxyl groups excluding tert-OH is 1. The normalized spacial score (nSPS) is 12.7. The zero-order chi connectivity index (χ0) is 29.3. The number of nitrogens with one attached hydrogen (secondary N) is 3. The molecule has 0 fully saturated rings. The van der Waals surface area contributed by atoms with Gasteiger partial charge in [0.25, 0.3) is 21.8 Å². The minimum atomic E-state index is -4.26. The molecule has 4 N–H and O–H groups in total. The van der Waals surface area contributed by atoms with Crippen molar-refractivity contribution in [3.05, 3.63) is 89.7 Å². The van der Waals surface area contributed by atoms with Crippen molar-refractivity contribution in [1.29, 1.82) is 0 Å². The third kappa shape index (κ3) is 8.63. The number of sulfonamides is 1. The van der Waals surface area contributed by atoms with Crippen LogP contribution >= 0.6 is 12.6 Å². The van der Waals surface area contributed by atoms with Crippen molar-refractivity contribution >= 4 is 40.4 Å². The molecule has 3 amide bonds. The molecule has 0 unspecified atom stereocenters. The summed E-state index contributed by atoms with van der Waals surface area (Å²) in [5, 5.41) is 14.4. The van der Waals surface area contributed by atoms with Crippen LogP contribution < -0.4 is 15.4 Å². The number of hydrogen-bond donors (Lipinski definition) is 5. The minimum Gasteiger partial charge on any atom is -0.384 e. The second-order valence-electron chi connectivity index (χ2n) is 8.98. The van der Waals surface area contributed by atoms with Gasteiger partial charge in [-0.1, -0.05) is 48.5 Å². The lowest BCUT2D eigenvalue weighted by Gasteiger charge is -2.13. The monoisotopic (exact) mass is 587 g/mol. The number of rotatable bonds is 12. The van der Waals surface area contributed by atoms with Crippen molar-refractivity contribution in [2.75, 3.05) is 13.1 Å². The van der Waals surface area contributed by atoms with E-state index in [2.05, 4.69) is 23.3 Å². The first-order valence-corrected chi connectivity index (χ1v) is 14.4. The van der Waals surface area contributed by atoms with Crippen molar-refractivity contribution in [1.82, 2.24) is 15.4 Å². The van der Waals surface area contributed by atoms with Crippen LogP contribution in [0.1, 0.15) is 29.3 Å². The van der Waals surface area contributed by atoms with Crippen molar-refractivity contribution in [2.24, 2.45) is 0 Å². The van der Waals surface area contributed by atoms with E-state index in [4.69, 9.17) is 0 Å². The predicted octanol–water partition coefficient (Wildman–Crippen LogP) is 2.46. The standard InChI is InChI=1S/C28H30FN3O6S2/c1-18(33)27(35)32-40(37,38)25-9-5-3-7-23(25)19-10-12-20(13-11-19)28(36)30-15-14-26(34)31-17-22(39)16-21-6-2-4-8-24(21)29/h2-13,18,22,33,39H,14-17H2,1H3,(H,30,36)(H,31,34)(H,32,35)/t18-,22+/m0/s1. The zero-order valence-corrected chi connectivity index (χ0v) is 23.3. The topological polar surface area (TPSA) is 142 Å². The highest BCUT2D eigenvalue weighted by Crippen LogP contribution is 2.27. The van der Waals surface area contributed by atoms with Gasteiger partial charge in [0.1, 0.15) is 11.9 Å². The van der Waals surface area contributed by atoms with Gasteiger partial charge in [0.15, 0.2) is 0 Å². The van der Waals surface area contributed by atoms with Gasteiger partial charge in [-0.25, -0.2) is 17.5 Å². The van der Waals surface area contributed by atoms with Crippen molar-refractivity contribution in [2.45, 2.75) is 36.0 Å². The molecule has 2 atom stereocenters. The number of carbonyl (C=O) groups excluding carboxylic acids is 3. The second kappa shape index (κ2) is 14.1. The maximum Gasteiger partial charge on any atom is 0.264 e. The Kier molecular flexibility index (Phi) is 10.8. The molecule has 12 heteroatoms. The van der Waals surface area contributed by atoms with Crippen LogP contribution in [0.4, 0.5) is 4.39 Å². The highest BCUT2D eigenvalue weighted by Gasteiger charge is 2.23. The SMILES string of the molecule is C[C@H](O)C(=O)NS(=O)(=O)c1ccccc1-c1ccc(C(=O)NCCC(=O)NC[C@H](S)Cc2ccccc2F)cc1. The first kappa shape index (κ1) is 30.8. The van der Waals surface area contributed by atoms with Crippen LogP contribution in [-0.2, 0) is 26.0 Å². The molecule has 0 aliphatic rings. The van der Waals surface area contributed by atoms with Crippen LogP contribution in [0.15, 0.2) is 77.7 Å². The number of halogens is 1. The summed E-state index contributed by atoms with van der Waals surface area (Å²) in [5.74, 6) is -2.08. The van der Waals surface area contributed by atoms with E-state index in [1.807, 2.05) is 4.72 Å². The van der Waals surface area contributed by atoms with Gasteiger partial charge in [0, 0.05) is 35.9 Å². The third-order valence-electron chi connectivity index (χ3n) is 5.83. The van der Waals surface area contributed by atoms with Crippen LogP contribution in [0.5, 0.6) is 0 Å². The van der Waals surface area contributed by atoms with Gasteiger partial charge < -0.3 is 15.7 Å². The molecule has 0 saturated heterocycles. The highest BCUT2D eigenvalue weighted by molar-refractivity contribution is 7.90. The average molecular weight is 588 g/mol. The summed E-state index contributed by atoms with van der Waals surface area (Å²) in [5.41, 5.74) is 1.60. The lowest BCUT2D eigenvalue weighted by Crippen LogP contribution is -2.37. The van der Waals surface area contributed by atoms with E-state index >= 15 is 0 Å². The summed E-state index contributed by atoms with van der Waals surface area (Å²) in [7, 11) is -4.26. The zero-order valence-electron chi connectivity index (χ0n) is 21.6. The van der Waals surface area contributed by atoms with Gasteiger partial charge in [-0.3, -0.25) is 14.4 Å². The lowest BCUT2D eigenvalue weighted by molar-refractivity contribution is -0.126. The fraction of sp³-hybridized carbons (Fsp3) is 0.250. The van der Waals surface area contributed by atoms with Crippen molar-refractivity contribution < 1.29 is 32.3 Å². The second-order valence-corrected chi connectivity index (χ2v) is 11.4. The Labute approximate surface area is 237 Å². The molecule has 9 nitrogen and oxygen atoms in total. The molecule has 0 spiro atoms. The summed E-state index contributed by atoms with van der Waals surface area (Å²) >= 11 is 4.40. The fourth-order valence-electron chi connectivity index (χ4n) is 3.71. The van der Waals surface area contributed by atoms with E-state index in [1.54, 1.807) is 42.5 Å². The van der Waals surface area contributed by atoms with E-state index < -0.39 is 27.9 Å². The lowest BCUT2D eigenvalue weighted by atomic mass is 10.0. The van der Waals surface area contributed by atoms with Crippen LogP contribution in [-0.4, -0.2) is 55.7 Å². The number of aliphatic hydroxyl groups is 1. The highest BCUT2D eigenvalue weighted by atomic mass is 32.2. The molecular weight excluding hydrogens is 557 g/mol. The van der Waals surface area contributed by atoms with Gasteiger partial charge >= 0.3 is 0 Å². The summed E-state index contributed by atoms with van der Waals surface area (Å²) in [6.45, 7) is 1.48. The molecule has 0 aliphatic heterocycles. The Morgan fingerprint density at radius 3 is 2.27 bits per heavy atom. The van der Waals surface area contributed by atoms with Gasteiger partial charge in [0.05, 0.1) is 4.90 Å². The van der Waals surface area contributed by atoms with Gasteiger partial charge in [-0.15, -0.1) is 0 Å². The Bertz CT molecular complexity index is 1460. The molecule has 0 bridgehead atoms. The molecule has 3 rings (SSSR count). The summed E-state index contributed by atoms with van der Waals surface area (Å²) in [4.78, 5) is 36.3. The molecule has 3 aromatic carbocycles. The quantitative estimate of drug-likeness (QED) is 0.206. The summed E-state index contributed by atoms with van der Waals surface area (Å²) in [6, 6.07) is 18.5. The fourth-order valence-corrected chi connectivity index (χ4v) is 5.28. The summed E-state index contributed by atoms with van der Waals surface area (Å²) in [6.07, 6.45) is -1.11. The van der Waals surface area contributed by atoms with E-state index in [0.717, 1.165) is 6.92 Å². The molecule has 3 aromatic rings. The molecule has 0 heterocycles. The number of amides is 3. The van der Waals surface area contributed by atoms with E-state index in [9.17, 15) is 32.3 Å². The first-order valence-electron chi connectivity index (χ1n) is 12.4. The Morgan fingerprint density at radius 1 is 0.950 bits per heavy atom. The average Bonchev–Trinajstić information content (AvgIpc) is 2.93. The maximum atomic E-state index is 13.8. The Balaban J connectivity index is 1.52. The van der Waals surface area contributed by atoms with E-state index in [-0.39, 0.29) is 41.4 Å². The van der Waals surface area contributed by atoms with Gasteiger partial charge in [0.2, 0.25) is 5.91 Å². The Hall–Kier alpha value is -3.74. The molecular formula is C28H30FN3O6S2. The smallest absolute Gasteiger partial charge is 0.264 e. The van der Waals surface area contributed by atoms with Crippen LogP contribution in [0.2, 0.25) is 0 Å². The number of carbonyl (C=O) groups is 3. The van der Waals surface area contributed by atoms with Gasteiger partial charge in [-0.2, -0.15) is 12.6 Å². The maximum absolute atomic E-state index is 13.8. The van der Waals surface area contributed by atoms with Gasteiger partial charge in [-0.05, 0) is 48.7 Å². The van der Waals surface area contributed by atoms with Crippen molar-refractivity contribution in [3.8, 4) is 11.1 Å². The van der Waals surface area contributed by atoms with Crippen LogP contribution in [0.25, 0.3) is 11.1 Å². The van der Waals surface area contributed by atoms with E-state index in [1.165, 1.54) is 30.3 Å². The number of hydrogen-bond acceptors (Lipinski definition) is 7. The molecule has 0 radical (unpaired) electrons. The third-order valence-corrected chi connectivity index (χ3v) is 7.61. The molecule has 212 valence electrons. The molecule has 0 saturated carbocycles. The predicted molar refractivity (Wildman–Crippen MR) is 152 cm³/mol. The van der Waals surface area contributed by atoms with Crippen molar-refractivity contribution in [3.63, 3.8) is 0 Å². The molecule has 0 aromatic heterocycles. The largest absolute Gasteiger partial charge is 0.384 e. The molecule has 40 heavy (non-hydrogen) atoms. The minimum absolute atomic E-state index is 0.0352. The number of benzene rings is 3. The summed E-state index contributed by atoms with van der Waals surface area (Å²) < 4.78 is 41.0. The van der Waals surface area contributed by atoms with Crippen LogP contribution in [0.3, 0.4) is 0 Å². The van der Waals surface area contributed by atoms with E-state index in [0.29, 0.717) is 28.7 Å².